The summed E-state index contributed by atoms with van der Waals surface area (Å²) >= 11 is 0. The molecule has 116 valence electrons. The van der Waals surface area contributed by atoms with Gasteiger partial charge in [-0.2, -0.15) is 0 Å². The fourth-order valence-corrected chi connectivity index (χ4v) is 3.13. The van der Waals surface area contributed by atoms with Gasteiger partial charge in [0.2, 0.25) is 0 Å². The van der Waals surface area contributed by atoms with Gasteiger partial charge >= 0.3 is 0 Å². The third-order valence-corrected chi connectivity index (χ3v) is 4.35. The number of nitrogens with one attached hydrogen (secondary N) is 1. The van der Waals surface area contributed by atoms with E-state index in [1.54, 1.807) is 6.92 Å². The summed E-state index contributed by atoms with van der Waals surface area (Å²) in [6, 6.07) is 26.5. The monoisotopic (exact) mass is 311 g/mol. The van der Waals surface area contributed by atoms with Crippen LogP contribution in [0.4, 0.5) is 0 Å². The lowest BCUT2D eigenvalue weighted by atomic mass is 9.97. The Morgan fingerprint density at radius 1 is 0.750 bits per heavy atom. The van der Waals surface area contributed by atoms with Crippen LogP contribution in [0.25, 0.3) is 33.3 Å². The molecule has 0 bridgehead atoms. The summed E-state index contributed by atoms with van der Waals surface area (Å²) in [4.78, 5) is 15.1. The summed E-state index contributed by atoms with van der Waals surface area (Å²) in [5, 5.41) is 1.19. The Morgan fingerprint density at radius 3 is 2.12 bits per heavy atom. The molecule has 1 N–H and O–H groups in total. The highest BCUT2D eigenvalue weighted by Crippen LogP contribution is 2.38. The van der Waals surface area contributed by atoms with Crippen molar-refractivity contribution in [2.24, 2.45) is 0 Å². The summed E-state index contributed by atoms with van der Waals surface area (Å²) in [5.74, 6) is 0.0868. The molecule has 0 aliphatic carbocycles. The highest BCUT2D eigenvalue weighted by atomic mass is 16.1. The van der Waals surface area contributed by atoms with E-state index in [2.05, 4.69) is 35.3 Å². The van der Waals surface area contributed by atoms with E-state index in [0.717, 1.165) is 27.9 Å². The number of aromatic amines is 1. The van der Waals surface area contributed by atoms with Crippen molar-refractivity contribution < 1.29 is 4.79 Å². The Morgan fingerprint density at radius 2 is 1.42 bits per heavy atom. The fourth-order valence-electron chi connectivity index (χ4n) is 3.13. The number of fused-ring (bicyclic) bond motifs is 1. The lowest BCUT2D eigenvalue weighted by molar-refractivity contribution is 0.101. The van der Waals surface area contributed by atoms with Crippen LogP contribution in [-0.4, -0.2) is 10.8 Å². The molecule has 0 radical (unpaired) electrons. The summed E-state index contributed by atoms with van der Waals surface area (Å²) in [5.41, 5.74) is 6.39. The highest BCUT2D eigenvalue weighted by molar-refractivity contribution is 6.04. The molecule has 0 aliphatic heterocycles. The van der Waals surface area contributed by atoms with E-state index >= 15 is 0 Å². The number of Topliss-reactive ketones (excluding diaryl/α,β-unsaturated/α-hetero) is 1. The Kier molecular flexibility index (Phi) is 3.51. The predicted molar refractivity (Wildman–Crippen MR) is 99.2 cm³/mol. The van der Waals surface area contributed by atoms with Crippen LogP contribution >= 0.6 is 0 Å². The highest BCUT2D eigenvalue weighted by Gasteiger charge is 2.14. The Labute approximate surface area is 140 Å². The molecule has 0 atom stereocenters. The molecule has 4 aromatic rings. The molecule has 4 rings (SSSR count). The standard InChI is InChI=1S/C22H17NO/c1-15(24)16-11-13-17(14-12-16)21-19-9-5-6-10-20(19)23-22(21)18-7-3-2-4-8-18/h2-14,23H,1H3. The molecule has 0 spiro atoms. The minimum atomic E-state index is 0.0868. The van der Waals surface area contributed by atoms with Gasteiger partial charge in [-0.1, -0.05) is 72.8 Å². The van der Waals surface area contributed by atoms with Crippen molar-refractivity contribution in [2.75, 3.05) is 0 Å². The molecule has 24 heavy (non-hydrogen) atoms. The molecule has 0 fully saturated rings. The molecular formula is C22H17NO. The zero-order chi connectivity index (χ0) is 16.5. The van der Waals surface area contributed by atoms with Crippen LogP contribution in [0, 0.1) is 0 Å². The lowest BCUT2D eigenvalue weighted by Gasteiger charge is -2.06. The van der Waals surface area contributed by atoms with E-state index in [1.807, 2.05) is 48.5 Å². The van der Waals surface area contributed by atoms with E-state index in [1.165, 1.54) is 10.9 Å². The molecule has 1 heterocycles. The van der Waals surface area contributed by atoms with Crippen molar-refractivity contribution in [1.82, 2.24) is 4.98 Å². The van der Waals surface area contributed by atoms with Crippen molar-refractivity contribution >= 4 is 16.7 Å². The molecule has 0 saturated carbocycles. The number of carbonyl (C=O) groups excluding carboxylic acids is 1. The van der Waals surface area contributed by atoms with Crippen LogP contribution < -0.4 is 0 Å². The third-order valence-electron chi connectivity index (χ3n) is 4.35. The van der Waals surface area contributed by atoms with Crippen LogP contribution in [0.5, 0.6) is 0 Å². The van der Waals surface area contributed by atoms with Crippen molar-refractivity contribution in [3.05, 3.63) is 84.4 Å². The lowest BCUT2D eigenvalue weighted by Crippen LogP contribution is -1.91. The van der Waals surface area contributed by atoms with E-state index in [9.17, 15) is 4.79 Å². The Balaban J connectivity index is 1.97. The van der Waals surface area contributed by atoms with E-state index in [0.29, 0.717) is 0 Å². The molecular weight excluding hydrogens is 294 g/mol. The number of hydrogen-bond acceptors (Lipinski definition) is 1. The van der Waals surface area contributed by atoms with Gasteiger partial charge < -0.3 is 4.98 Å². The first-order chi connectivity index (χ1) is 11.7. The average Bonchev–Trinajstić information content (AvgIpc) is 3.02. The van der Waals surface area contributed by atoms with Gasteiger partial charge in [-0.05, 0) is 24.1 Å². The number of para-hydroxylation sites is 1. The molecule has 3 aromatic carbocycles. The number of rotatable bonds is 3. The smallest absolute Gasteiger partial charge is 0.159 e. The van der Waals surface area contributed by atoms with E-state index in [4.69, 9.17) is 0 Å². The predicted octanol–water partition coefficient (Wildman–Crippen LogP) is 5.70. The molecule has 0 aliphatic rings. The quantitative estimate of drug-likeness (QED) is 0.483. The summed E-state index contributed by atoms with van der Waals surface area (Å²) in [6.45, 7) is 1.59. The maximum atomic E-state index is 11.5. The van der Waals surface area contributed by atoms with Gasteiger partial charge in [0.25, 0.3) is 0 Å². The first-order valence-electron chi connectivity index (χ1n) is 8.01. The minimum absolute atomic E-state index is 0.0868. The molecule has 1 aromatic heterocycles. The second-order valence-corrected chi connectivity index (χ2v) is 5.92. The second-order valence-electron chi connectivity index (χ2n) is 5.92. The zero-order valence-electron chi connectivity index (χ0n) is 13.4. The first-order valence-corrected chi connectivity index (χ1v) is 8.01. The second kappa shape index (κ2) is 5.82. The van der Waals surface area contributed by atoms with Gasteiger partial charge in [0.15, 0.2) is 5.78 Å². The number of aromatic nitrogens is 1. The van der Waals surface area contributed by atoms with Crippen molar-refractivity contribution in [2.45, 2.75) is 6.92 Å². The average molecular weight is 311 g/mol. The van der Waals surface area contributed by atoms with Crippen LogP contribution in [0.15, 0.2) is 78.9 Å². The van der Waals surface area contributed by atoms with Crippen LogP contribution in [-0.2, 0) is 0 Å². The van der Waals surface area contributed by atoms with Gasteiger partial charge in [0, 0.05) is 22.0 Å². The molecule has 0 unspecified atom stereocenters. The van der Waals surface area contributed by atoms with Crippen molar-refractivity contribution in [3.63, 3.8) is 0 Å². The van der Waals surface area contributed by atoms with Crippen LogP contribution in [0.1, 0.15) is 17.3 Å². The molecule has 2 heteroatoms. The van der Waals surface area contributed by atoms with Crippen molar-refractivity contribution in [1.29, 1.82) is 0 Å². The third kappa shape index (κ3) is 2.42. The normalized spacial score (nSPS) is 10.9. The fraction of sp³-hybridized carbons (Fsp3) is 0.0455. The van der Waals surface area contributed by atoms with E-state index in [-0.39, 0.29) is 5.78 Å². The number of H-pyrrole nitrogens is 1. The Bertz CT molecular complexity index is 1010. The number of benzene rings is 3. The van der Waals surface area contributed by atoms with Crippen LogP contribution in [0.3, 0.4) is 0 Å². The van der Waals surface area contributed by atoms with Gasteiger partial charge in [0.05, 0.1) is 5.69 Å². The maximum absolute atomic E-state index is 11.5. The number of ketones is 1. The molecule has 2 nitrogen and oxygen atoms in total. The minimum Gasteiger partial charge on any atom is -0.354 e. The number of carbonyl (C=O) groups is 1. The SMILES string of the molecule is CC(=O)c1ccc(-c2c(-c3ccccc3)[nH]c3ccccc23)cc1. The first kappa shape index (κ1) is 14.5. The number of hydrogen-bond donors (Lipinski definition) is 1. The van der Waals surface area contributed by atoms with Gasteiger partial charge in [0.1, 0.15) is 0 Å². The molecule has 0 saturated heterocycles. The largest absolute Gasteiger partial charge is 0.354 e. The summed E-state index contributed by atoms with van der Waals surface area (Å²) in [6.07, 6.45) is 0. The maximum Gasteiger partial charge on any atom is 0.159 e. The Hall–Kier alpha value is -3.13. The molecule has 0 amide bonds. The van der Waals surface area contributed by atoms with Crippen molar-refractivity contribution in [3.8, 4) is 22.4 Å². The van der Waals surface area contributed by atoms with E-state index < -0.39 is 0 Å². The van der Waals surface area contributed by atoms with Gasteiger partial charge in [-0.25, -0.2) is 0 Å². The summed E-state index contributed by atoms with van der Waals surface area (Å²) in [7, 11) is 0. The zero-order valence-corrected chi connectivity index (χ0v) is 13.4. The van der Waals surface area contributed by atoms with Gasteiger partial charge in [-0.15, -0.1) is 0 Å². The van der Waals surface area contributed by atoms with Gasteiger partial charge in [-0.3, -0.25) is 4.79 Å². The van der Waals surface area contributed by atoms with Crippen LogP contribution in [0.2, 0.25) is 0 Å². The topological polar surface area (TPSA) is 32.9 Å². The summed E-state index contributed by atoms with van der Waals surface area (Å²) < 4.78 is 0.